The van der Waals surface area contributed by atoms with Crippen LogP contribution in [-0.4, -0.2) is 23.6 Å². The van der Waals surface area contributed by atoms with Crippen LogP contribution in [0, 0.1) is 21.4 Å². The van der Waals surface area contributed by atoms with Crippen molar-refractivity contribution < 1.29 is 10.0 Å². The third-order valence-electron chi connectivity index (χ3n) is 2.39. The summed E-state index contributed by atoms with van der Waals surface area (Å²) in [7, 11) is 1.69. The summed E-state index contributed by atoms with van der Waals surface area (Å²) < 4.78 is 0. The van der Waals surface area contributed by atoms with Crippen LogP contribution in [0.1, 0.15) is 12.0 Å². The molecule has 0 radical (unpaired) electrons. The van der Waals surface area contributed by atoms with Crippen molar-refractivity contribution in [3.63, 3.8) is 0 Å². The Morgan fingerprint density at radius 1 is 1.59 bits per heavy atom. The van der Waals surface area contributed by atoms with Crippen molar-refractivity contribution in [3.8, 4) is 6.07 Å². The van der Waals surface area contributed by atoms with E-state index in [1.54, 1.807) is 24.1 Å². The van der Waals surface area contributed by atoms with Crippen molar-refractivity contribution in [2.75, 3.05) is 18.5 Å². The minimum Gasteiger partial charge on any atom is -0.392 e. The molecule has 0 atom stereocenters. The second-order valence-corrected chi connectivity index (χ2v) is 3.57. The molecule has 17 heavy (non-hydrogen) atoms. The van der Waals surface area contributed by atoms with E-state index in [2.05, 4.69) is 0 Å². The first-order chi connectivity index (χ1) is 8.10. The number of nitriles is 1. The summed E-state index contributed by atoms with van der Waals surface area (Å²) in [5.41, 5.74) is 0.883. The van der Waals surface area contributed by atoms with E-state index >= 15 is 0 Å². The SMILES string of the molecule is CN(CCC#N)c1ccc(CO)cc1[N+](=O)[O-]. The van der Waals surface area contributed by atoms with Gasteiger partial charge in [-0.3, -0.25) is 10.1 Å². The van der Waals surface area contributed by atoms with Gasteiger partial charge in [-0.05, 0) is 11.6 Å². The van der Waals surface area contributed by atoms with Gasteiger partial charge in [-0.25, -0.2) is 0 Å². The number of rotatable bonds is 5. The summed E-state index contributed by atoms with van der Waals surface area (Å²) in [5, 5.41) is 28.3. The van der Waals surface area contributed by atoms with Crippen molar-refractivity contribution in [1.82, 2.24) is 0 Å². The number of nitro groups is 1. The topological polar surface area (TPSA) is 90.4 Å². The van der Waals surface area contributed by atoms with Gasteiger partial charge in [-0.15, -0.1) is 0 Å². The second-order valence-electron chi connectivity index (χ2n) is 3.57. The van der Waals surface area contributed by atoms with Gasteiger partial charge in [0.05, 0.1) is 24.0 Å². The minimum atomic E-state index is -0.489. The fourth-order valence-electron chi connectivity index (χ4n) is 1.47. The fraction of sp³-hybridized carbons (Fsp3) is 0.364. The van der Waals surface area contributed by atoms with Crippen LogP contribution in [0.25, 0.3) is 0 Å². The number of nitrogens with zero attached hydrogens (tertiary/aromatic N) is 3. The van der Waals surface area contributed by atoms with Crippen LogP contribution in [0.5, 0.6) is 0 Å². The number of benzene rings is 1. The standard InChI is InChI=1S/C11H13N3O3/c1-13(6-2-5-12)10-4-3-9(8-15)7-11(10)14(16)17/h3-4,7,15H,2,6,8H2,1H3. The third kappa shape index (κ3) is 3.16. The summed E-state index contributed by atoms with van der Waals surface area (Å²) in [4.78, 5) is 12.1. The number of aliphatic hydroxyl groups excluding tert-OH is 1. The van der Waals surface area contributed by atoms with E-state index in [1.807, 2.05) is 6.07 Å². The van der Waals surface area contributed by atoms with E-state index in [0.29, 0.717) is 24.2 Å². The predicted octanol–water partition coefficient (Wildman–Crippen LogP) is 1.44. The molecule has 0 amide bonds. The van der Waals surface area contributed by atoms with Gasteiger partial charge in [0.1, 0.15) is 5.69 Å². The summed E-state index contributed by atoms with van der Waals surface area (Å²) in [5.74, 6) is 0. The maximum atomic E-state index is 10.9. The maximum Gasteiger partial charge on any atom is 0.292 e. The highest BCUT2D eigenvalue weighted by atomic mass is 16.6. The molecule has 6 heteroatoms. The van der Waals surface area contributed by atoms with Crippen molar-refractivity contribution in [2.45, 2.75) is 13.0 Å². The monoisotopic (exact) mass is 235 g/mol. The zero-order chi connectivity index (χ0) is 12.8. The highest BCUT2D eigenvalue weighted by Gasteiger charge is 2.17. The van der Waals surface area contributed by atoms with Gasteiger partial charge >= 0.3 is 0 Å². The number of anilines is 1. The van der Waals surface area contributed by atoms with Crippen LogP contribution in [-0.2, 0) is 6.61 Å². The summed E-state index contributed by atoms with van der Waals surface area (Å²) in [6.45, 7) is 0.193. The van der Waals surface area contributed by atoms with E-state index in [0.717, 1.165) is 0 Å². The lowest BCUT2D eigenvalue weighted by Gasteiger charge is -2.17. The Bertz CT molecular complexity index is 454. The highest BCUT2D eigenvalue weighted by molar-refractivity contribution is 5.64. The van der Waals surface area contributed by atoms with Crippen molar-refractivity contribution >= 4 is 11.4 Å². The smallest absolute Gasteiger partial charge is 0.292 e. The first kappa shape index (κ1) is 12.9. The minimum absolute atomic E-state index is 0.0583. The zero-order valence-electron chi connectivity index (χ0n) is 9.46. The molecule has 0 aliphatic heterocycles. The molecular formula is C11H13N3O3. The van der Waals surface area contributed by atoms with E-state index in [4.69, 9.17) is 10.4 Å². The van der Waals surface area contributed by atoms with Crippen LogP contribution >= 0.6 is 0 Å². The molecule has 0 aliphatic rings. The lowest BCUT2D eigenvalue weighted by atomic mass is 10.1. The molecule has 0 saturated heterocycles. The largest absolute Gasteiger partial charge is 0.392 e. The van der Waals surface area contributed by atoms with Crippen LogP contribution < -0.4 is 4.90 Å². The molecule has 1 aromatic rings. The molecule has 0 saturated carbocycles. The Kier molecular flexibility index (Phi) is 4.43. The van der Waals surface area contributed by atoms with Gasteiger partial charge in [0.2, 0.25) is 0 Å². The Morgan fingerprint density at radius 3 is 2.82 bits per heavy atom. The molecule has 0 fully saturated rings. The van der Waals surface area contributed by atoms with Gasteiger partial charge in [-0.2, -0.15) is 5.26 Å². The second kappa shape index (κ2) is 5.82. The van der Waals surface area contributed by atoms with Crippen molar-refractivity contribution in [1.29, 1.82) is 5.26 Å². The molecular weight excluding hydrogens is 222 g/mol. The molecule has 90 valence electrons. The Balaban J connectivity index is 3.06. The molecule has 0 heterocycles. The first-order valence-corrected chi connectivity index (χ1v) is 5.06. The van der Waals surface area contributed by atoms with Gasteiger partial charge < -0.3 is 10.0 Å². The molecule has 1 N–H and O–H groups in total. The molecule has 0 spiro atoms. The molecule has 1 rings (SSSR count). The zero-order valence-corrected chi connectivity index (χ0v) is 9.46. The Hall–Kier alpha value is -2.13. The molecule has 0 aromatic heterocycles. The predicted molar refractivity (Wildman–Crippen MR) is 62.5 cm³/mol. The fourth-order valence-corrected chi connectivity index (χ4v) is 1.47. The molecule has 1 aromatic carbocycles. The summed E-state index contributed by atoms with van der Waals surface area (Å²) >= 11 is 0. The van der Waals surface area contributed by atoms with E-state index in [9.17, 15) is 10.1 Å². The Labute approximate surface area is 98.9 Å². The van der Waals surface area contributed by atoms with Crippen LogP contribution in [0.15, 0.2) is 18.2 Å². The Morgan fingerprint density at radius 2 is 2.29 bits per heavy atom. The van der Waals surface area contributed by atoms with E-state index in [1.165, 1.54) is 6.07 Å². The molecule has 0 unspecified atom stereocenters. The molecule has 0 aliphatic carbocycles. The molecule has 0 bridgehead atoms. The molecule has 6 nitrogen and oxygen atoms in total. The highest BCUT2D eigenvalue weighted by Crippen LogP contribution is 2.28. The van der Waals surface area contributed by atoms with Gasteiger partial charge in [-0.1, -0.05) is 6.07 Å². The maximum absolute atomic E-state index is 10.9. The van der Waals surface area contributed by atoms with Crippen molar-refractivity contribution in [2.24, 2.45) is 0 Å². The van der Waals surface area contributed by atoms with Gasteiger partial charge in [0.25, 0.3) is 5.69 Å². The number of aliphatic hydroxyl groups is 1. The normalized spacial score (nSPS) is 9.71. The summed E-state index contributed by atoms with van der Waals surface area (Å²) in [6, 6.07) is 6.55. The number of hydrogen-bond acceptors (Lipinski definition) is 5. The van der Waals surface area contributed by atoms with Crippen LogP contribution in [0.3, 0.4) is 0 Å². The van der Waals surface area contributed by atoms with Crippen molar-refractivity contribution in [3.05, 3.63) is 33.9 Å². The lowest BCUT2D eigenvalue weighted by molar-refractivity contribution is -0.384. The van der Waals surface area contributed by atoms with Gasteiger partial charge in [0.15, 0.2) is 0 Å². The number of nitro benzene ring substituents is 1. The van der Waals surface area contributed by atoms with E-state index in [-0.39, 0.29) is 12.3 Å². The van der Waals surface area contributed by atoms with Crippen LogP contribution in [0.2, 0.25) is 0 Å². The summed E-state index contributed by atoms with van der Waals surface area (Å²) in [6.07, 6.45) is 0.301. The first-order valence-electron chi connectivity index (χ1n) is 5.06. The quantitative estimate of drug-likeness (QED) is 0.616. The van der Waals surface area contributed by atoms with Crippen LogP contribution in [0.4, 0.5) is 11.4 Å². The average Bonchev–Trinajstić information content (AvgIpc) is 2.35. The van der Waals surface area contributed by atoms with E-state index < -0.39 is 4.92 Å². The lowest BCUT2D eigenvalue weighted by Crippen LogP contribution is -2.19. The average molecular weight is 235 g/mol. The third-order valence-corrected chi connectivity index (χ3v) is 2.39. The number of hydrogen-bond donors (Lipinski definition) is 1. The van der Waals surface area contributed by atoms with Gasteiger partial charge in [0, 0.05) is 19.7 Å².